The van der Waals surface area contributed by atoms with Crippen LogP contribution in [0, 0.1) is 6.92 Å². The fraction of sp³-hybridized carbons (Fsp3) is 0.227. The number of imide groups is 2. The van der Waals surface area contributed by atoms with E-state index < -0.39 is 17.8 Å². The number of benzene rings is 2. The number of para-hydroxylation sites is 1. The van der Waals surface area contributed by atoms with E-state index in [1.165, 1.54) is 6.08 Å². The molecule has 2 aromatic carbocycles. The fourth-order valence-electron chi connectivity index (χ4n) is 2.75. The lowest BCUT2D eigenvalue weighted by Gasteiger charge is -2.26. The second kappa shape index (κ2) is 8.08. The molecule has 1 saturated heterocycles. The van der Waals surface area contributed by atoms with Crippen LogP contribution in [-0.2, 0) is 9.59 Å². The maximum Gasteiger partial charge on any atom is 0.335 e. The third-order valence-electron chi connectivity index (χ3n) is 4.52. The number of barbiturate groups is 1. The molecule has 6 heteroatoms. The molecule has 0 bridgehead atoms. The van der Waals surface area contributed by atoms with Gasteiger partial charge in [0.1, 0.15) is 11.3 Å². The zero-order valence-corrected chi connectivity index (χ0v) is 16.1. The van der Waals surface area contributed by atoms with Crippen LogP contribution in [0.25, 0.3) is 6.08 Å². The first-order chi connectivity index (χ1) is 13.4. The molecule has 0 spiro atoms. The van der Waals surface area contributed by atoms with Crippen LogP contribution in [0.3, 0.4) is 0 Å². The van der Waals surface area contributed by atoms with E-state index in [2.05, 4.69) is 5.32 Å². The molecule has 1 atom stereocenters. The zero-order chi connectivity index (χ0) is 20.3. The van der Waals surface area contributed by atoms with Crippen molar-refractivity contribution in [3.8, 4) is 5.75 Å². The number of hydrogen-bond acceptors (Lipinski definition) is 4. The van der Waals surface area contributed by atoms with Gasteiger partial charge in [0.25, 0.3) is 11.8 Å². The third kappa shape index (κ3) is 3.96. The molecule has 0 aliphatic carbocycles. The van der Waals surface area contributed by atoms with E-state index in [1.54, 1.807) is 42.5 Å². The Bertz CT molecular complexity index is 947. The number of anilines is 1. The lowest BCUT2D eigenvalue weighted by atomic mass is 10.1. The molecule has 144 valence electrons. The van der Waals surface area contributed by atoms with Gasteiger partial charge in [0.15, 0.2) is 0 Å². The smallest absolute Gasteiger partial charge is 0.335 e. The molecule has 4 amide bonds. The van der Waals surface area contributed by atoms with E-state index in [4.69, 9.17) is 4.74 Å². The lowest BCUT2D eigenvalue weighted by Crippen LogP contribution is -2.54. The summed E-state index contributed by atoms with van der Waals surface area (Å²) in [5, 5.41) is 2.23. The maximum atomic E-state index is 13.0. The number of ether oxygens (including phenoxy) is 1. The number of rotatable bonds is 5. The van der Waals surface area contributed by atoms with Gasteiger partial charge in [0, 0.05) is 5.56 Å². The molecule has 2 aromatic rings. The fourth-order valence-corrected chi connectivity index (χ4v) is 2.75. The van der Waals surface area contributed by atoms with Gasteiger partial charge >= 0.3 is 6.03 Å². The minimum atomic E-state index is -0.764. The summed E-state index contributed by atoms with van der Waals surface area (Å²) in [7, 11) is 0. The summed E-state index contributed by atoms with van der Waals surface area (Å²) >= 11 is 0. The third-order valence-corrected chi connectivity index (χ3v) is 4.52. The maximum absolute atomic E-state index is 13.0. The summed E-state index contributed by atoms with van der Waals surface area (Å²) in [6.45, 7) is 5.86. The van der Waals surface area contributed by atoms with Crippen LogP contribution in [0.2, 0.25) is 0 Å². The Hall–Kier alpha value is -3.41. The van der Waals surface area contributed by atoms with E-state index >= 15 is 0 Å². The quantitative estimate of drug-likeness (QED) is 0.634. The van der Waals surface area contributed by atoms with Gasteiger partial charge in [-0.25, -0.2) is 9.69 Å². The van der Waals surface area contributed by atoms with Crippen molar-refractivity contribution in [3.63, 3.8) is 0 Å². The second-order valence-electron chi connectivity index (χ2n) is 6.67. The van der Waals surface area contributed by atoms with E-state index in [0.717, 1.165) is 16.9 Å². The minimum Gasteiger partial charge on any atom is -0.490 e. The molecule has 1 aliphatic rings. The lowest BCUT2D eigenvalue weighted by molar-refractivity contribution is -0.122. The topological polar surface area (TPSA) is 75.7 Å². The first kappa shape index (κ1) is 19.4. The Morgan fingerprint density at radius 3 is 2.43 bits per heavy atom. The van der Waals surface area contributed by atoms with E-state index in [9.17, 15) is 14.4 Å². The predicted molar refractivity (Wildman–Crippen MR) is 107 cm³/mol. The first-order valence-corrected chi connectivity index (χ1v) is 9.14. The first-order valence-electron chi connectivity index (χ1n) is 9.14. The molecule has 1 N–H and O–H groups in total. The number of hydrogen-bond donors (Lipinski definition) is 1. The Labute approximate surface area is 163 Å². The SMILES string of the molecule is CC[C@H](C)Oc1ccccc1/C=C1\C(=O)NC(=O)N(c2ccc(C)cc2)C1=O. The molecule has 1 heterocycles. The average Bonchev–Trinajstić information content (AvgIpc) is 2.67. The highest BCUT2D eigenvalue weighted by atomic mass is 16.5. The summed E-state index contributed by atoms with van der Waals surface area (Å²) in [5.74, 6) is -0.823. The molecule has 3 rings (SSSR count). The number of nitrogens with one attached hydrogen (secondary N) is 1. The summed E-state index contributed by atoms with van der Waals surface area (Å²) in [5.41, 5.74) is 1.87. The van der Waals surface area contributed by atoms with Crippen LogP contribution < -0.4 is 15.0 Å². The van der Waals surface area contributed by atoms with Crippen LogP contribution >= 0.6 is 0 Å². The van der Waals surface area contributed by atoms with Crippen molar-refractivity contribution in [3.05, 3.63) is 65.2 Å². The molecule has 1 fully saturated rings. The monoisotopic (exact) mass is 378 g/mol. The number of carbonyl (C=O) groups excluding carboxylic acids is 3. The van der Waals surface area contributed by atoms with Crippen molar-refractivity contribution in [1.29, 1.82) is 0 Å². The molecular weight excluding hydrogens is 356 g/mol. The summed E-state index contributed by atoms with van der Waals surface area (Å²) in [6.07, 6.45) is 2.27. The normalized spacial score (nSPS) is 16.9. The van der Waals surface area contributed by atoms with Crippen LogP contribution in [-0.4, -0.2) is 23.9 Å². The van der Waals surface area contributed by atoms with Gasteiger partial charge in [-0.2, -0.15) is 0 Å². The Morgan fingerprint density at radius 1 is 1.07 bits per heavy atom. The molecule has 0 unspecified atom stereocenters. The van der Waals surface area contributed by atoms with Gasteiger partial charge in [-0.3, -0.25) is 14.9 Å². The van der Waals surface area contributed by atoms with Gasteiger partial charge < -0.3 is 4.74 Å². The van der Waals surface area contributed by atoms with Crippen molar-refractivity contribution in [2.45, 2.75) is 33.3 Å². The second-order valence-corrected chi connectivity index (χ2v) is 6.67. The van der Waals surface area contributed by atoms with Crippen molar-refractivity contribution in [2.24, 2.45) is 0 Å². The van der Waals surface area contributed by atoms with Crippen LogP contribution in [0.4, 0.5) is 10.5 Å². The standard InChI is InChI=1S/C22H22N2O4/c1-4-15(3)28-19-8-6-5-7-16(19)13-18-20(25)23-22(27)24(21(18)26)17-11-9-14(2)10-12-17/h5-13,15H,4H2,1-3H3,(H,23,25,27)/b18-13+/t15-/m0/s1. The molecule has 0 aromatic heterocycles. The van der Waals surface area contributed by atoms with Gasteiger partial charge in [0.05, 0.1) is 11.8 Å². The Kier molecular flexibility index (Phi) is 5.59. The van der Waals surface area contributed by atoms with Crippen LogP contribution in [0.15, 0.2) is 54.1 Å². The predicted octanol–water partition coefficient (Wildman–Crippen LogP) is 3.84. The largest absolute Gasteiger partial charge is 0.490 e. The van der Waals surface area contributed by atoms with Crippen LogP contribution in [0.1, 0.15) is 31.4 Å². The number of nitrogens with zero attached hydrogens (tertiary/aromatic N) is 1. The highest BCUT2D eigenvalue weighted by molar-refractivity contribution is 6.39. The van der Waals surface area contributed by atoms with Gasteiger partial charge in [-0.1, -0.05) is 42.8 Å². The Morgan fingerprint density at radius 2 is 1.75 bits per heavy atom. The molecular formula is C22H22N2O4. The Balaban J connectivity index is 1.99. The number of carbonyl (C=O) groups is 3. The van der Waals surface area contributed by atoms with Gasteiger partial charge in [-0.05, 0) is 44.5 Å². The van der Waals surface area contributed by atoms with E-state index in [1.807, 2.05) is 26.8 Å². The van der Waals surface area contributed by atoms with Crippen molar-refractivity contribution < 1.29 is 19.1 Å². The zero-order valence-electron chi connectivity index (χ0n) is 16.1. The van der Waals surface area contributed by atoms with Gasteiger partial charge in [0.2, 0.25) is 0 Å². The number of urea groups is 1. The highest BCUT2D eigenvalue weighted by Crippen LogP contribution is 2.26. The summed E-state index contributed by atoms with van der Waals surface area (Å²) in [6, 6.07) is 13.3. The molecule has 1 aliphatic heterocycles. The van der Waals surface area contributed by atoms with Gasteiger partial charge in [-0.15, -0.1) is 0 Å². The molecule has 0 radical (unpaired) electrons. The van der Waals surface area contributed by atoms with E-state index in [-0.39, 0.29) is 11.7 Å². The summed E-state index contributed by atoms with van der Waals surface area (Å²) in [4.78, 5) is 38.5. The van der Waals surface area contributed by atoms with Crippen molar-refractivity contribution >= 4 is 29.6 Å². The number of aryl methyl sites for hydroxylation is 1. The molecule has 6 nitrogen and oxygen atoms in total. The highest BCUT2D eigenvalue weighted by Gasteiger charge is 2.36. The summed E-state index contributed by atoms with van der Waals surface area (Å²) < 4.78 is 5.88. The van der Waals surface area contributed by atoms with E-state index in [0.29, 0.717) is 17.0 Å². The average molecular weight is 378 g/mol. The molecule has 28 heavy (non-hydrogen) atoms. The van der Waals surface area contributed by atoms with Crippen molar-refractivity contribution in [1.82, 2.24) is 5.32 Å². The van der Waals surface area contributed by atoms with Crippen molar-refractivity contribution in [2.75, 3.05) is 4.90 Å². The molecule has 0 saturated carbocycles. The number of amides is 4. The van der Waals surface area contributed by atoms with Crippen LogP contribution in [0.5, 0.6) is 5.75 Å². The minimum absolute atomic E-state index is 0.0129.